The van der Waals surface area contributed by atoms with Crippen molar-refractivity contribution in [3.05, 3.63) is 0 Å². The van der Waals surface area contributed by atoms with Crippen LogP contribution >= 0.6 is 7.92 Å². The molecule has 0 saturated heterocycles. The second-order valence-electron chi connectivity index (χ2n) is 6.78. The van der Waals surface area contributed by atoms with Crippen LogP contribution in [0.2, 0.25) is 0 Å². The Balaban J connectivity index is 3.83. The zero-order valence-electron chi connectivity index (χ0n) is 16.0. The predicted octanol–water partition coefficient (Wildman–Crippen LogP) is 3.66. The molecular formula is C19H35N2O4P. The molecule has 0 aromatic carbocycles. The number of nitrogens with two attached hydrogens (primary N) is 1. The number of hydrogen-bond donors (Lipinski definition) is 3. The van der Waals surface area contributed by atoms with Gasteiger partial charge in [0.25, 0.3) is 0 Å². The van der Waals surface area contributed by atoms with Gasteiger partial charge < -0.3 is 0 Å². The Hall–Kier alpha value is -0.770. The first-order valence-corrected chi connectivity index (χ1v) is 10.6. The van der Waals surface area contributed by atoms with Gasteiger partial charge in [-0.2, -0.15) is 0 Å². The SMILES string of the molecule is CCCCCCCCCCC(=O)C(CCCC(=O)CC(O)C#P=O)NN. The van der Waals surface area contributed by atoms with E-state index in [-0.39, 0.29) is 24.4 Å². The van der Waals surface area contributed by atoms with E-state index in [1.54, 1.807) is 0 Å². The van der Waals surface area contributed by atoms with Crippen molar-refractivity contribution >= 4 is 19.5 Å². The Morgan fingerprint density at radius 2 is 1.65 bits per heavy atom. The molecule has 0 radical (unpaired) electrons. The van der Waals surface area contributed by atoms with Crippen LogP contribution in [0.4, 0.5) is 0 Å². The monoisotopic (exact) mass is 386 g/mol. The van der Waals surface area contributed by atoms with Crippen molar-refractivity contribution in [2.75, 3.05) is 0 Å². The molecule has 150 valence electrons. The van der Waals surface area contributed by atoms with Crippen LogP contribution in [0.5, 0.6) is 0 Å². The molecule has 0 amide bonds. The first-order chi connectivity index (χ1) is 12.5. The maximum atomic E-state index is 12.2. The normalized spacial score (nSPS) is 13.0. The van der Waals surface area contributed by atoms with Gasteiger partial charge in [-0.15, -0.1) is 0 Å². The number of unbranched alkanes of at least 4 members (excludes halogenated alkanes) is 7. The van der Waals surface area contributed by atoms with Gasteiger partial charge in [0.2, 0.25) is 0 Å². The minimum absolute atomic E-state index is 0.0951. The van der Waals surface area contributed by atoms with E-state index in [1.807, 2.05) is 0 Å². The summed E-state index contributed by atoms with van der Waals surface area (Å²) in [5.74, 6) is 5.42. The van der Waals surface area contributed by atoms with E-state index in [1.165, 1.54) is 38.5 Å². The molecule has 0 fully saturated rings. The molecule has 0 rings (SSSR count). The quantitative estimate of drug-likeness (QED) is 0.152. The van der Waals surface area contributed by atoms with Gasteiger partial charge in [-0.1, -0.05) is 45.4 Å². The number of ketones is 2. The van der Waals surface area contributed by atoms with Crippen LogP contribution in [0.3, 0.4) is 0 Å². The number of aliphatic hydroxyl groups excluding tert-OH is 1. The first-order valence-electron chi connectivity index (χ1n) is 9.81. The Bertz CT molecular complexity index is 493. The average molecular weight is 386 g/mol. The third kappa shape index (κ3) is 14.4. The van der Waals surface area contributed by atoms with Crippen molar-refractivity contribution in [2.45, 2.75) is 103 Å². The van der Waals surface area contributed by atoms with Crippen molar-refractivity contribution < 1.29 is 19.3 Å². The summed E-state index contributed by atoms with van der Waals surface area (Å²) in [7, 11) is -0.406. The van der Waals surface area contributed by atoms with Crippen LogP contribution in [0.15, 0.2) is 0 Å². The molecule has 0 saturated carbocycles. The Morgan fingerprint density at radius 1 is 1.04 bits per heavy atom. The molecule has 0 aromatic rings. The molecule has 2 unspecified atom stereocenters. The van der Waals surface area contributed by atoms with Gasteiger partial charge in [-0.05, 0) is 0 Å². The number of hydrazine groups is 1. The van der Waals surface area contributed by atoms with Crippen LogP contribution < -0.4 is 11.3 Å². The molecule has 7 heteroatoms. The fraction of sp³-hybridized carbons (Fsp3) is 0.842. The van der Waals surface area contributed by atoms with Gasteiger partial charge in [0.05, 0.1) is 0 Å². The topological polar surface area (TPSA) is 109 Å². The number of carbonyl (C=O) groups excluding carboxylic acids is 2. The van der Waals surface area contributed by atoms with Gasteiger partial charge in [0.15, 0.2) is 0 Å². The number of hydrogen-bond acceptors (Lipinski definition) is 6. The summed E-state index contributed by atoms with van der Waals surface area (Å²) in [6.07, 6.45) is 10.1. The van der Waals surface area contributed by atoms with E-state index in [9.17, 15) is 19.3 Å². The summed E-state index contributed by atoms with van der Waals surface area (Å²) in [6.45, 7) is 2.21. The van der Waals surface area contributed by atoms with Crippen molar-refractivity contribution in [3.8, 4) is 5.63 Å². The van der Waals surface area contributed by atoms with Crippen LogP contribution in [-0.2, 0) is 14.2 Å². The van der Waals surface area contributed by atoms with E-state index in [4.69, 9.17) is 5.84 Å². The number of Topliss-reactive ketones (excluding diaryl/α,β-unsaturated/α-hetero) is 2. The van der Waals surface area contributed by atoms with Gasteiger partial charge in [0, 0.05) is 0 Å². The molecule has 2 atom stereocenters. The van der Waals surface area contributed by atoms with Gasteiger partial charge in [0.1, 0.15) is 0 Å². The molecule has 0 aliphatic rings. The summed E-state index contributed by atoms with van der Waals surface area (Å²) in [6, 6.07) is -0.421. The van der Waals surface area contributed by atoms with Crippen molar-refractivity contribution in [1.29, 1.82) is 0 Å². The summed E-state index contributed by atoms with van der Waals surface area (Å²) in [5.41, 5.74) is 4.76. The Kier molecular flexibility index (Phi) is 17.1. The van der Waals surface area contributed by atoms with Crippen molar-refractivity contribution in [3.63, 3.8) is 0 Å². The summed E-state index contributed by atoms with van der Waals surface area (Å²) < 4.78 is 10.3. The van der Waals surface area contributed by atoms with E-state index in [2.05, 4.69) is 18.0 Å². The van der Waals surface area contributed by atoms with E-state index in [0.29, 0.717) is 19.3 Å². The predicted molar refractivity (Wildman–Crippen MR) is 104 cm³/mol. The minimum atomic E-state index is -1.10. The Labute approximate surface area is 158 Å². The zero-order chi connectivity index (χ0) is 19.6. The average Bonchev–Trinajstić information content (AvgIpc) is 2.61. The zero-order valence-corrected chi connectivity index (χ0v) is 16.9. The van der Waals surface area contributed by atoms with Crippen molar-refractivity contribution in [2.24, 2.45) is 5.84 Å². The maximum absolute atomic E-state index is 12.2. The van der Waals surface area contributed by atoms with Gasteiger partial charge in [-0.3, -0.25) is 0 Å². The molecular weight excluding hydrogens is 351 g/mol. The molecule has 6 nitrogen and oxygen atoms in total. The number of aliphatic hydroxyl groups is 1. The van der Waals surface area contributed by atoms with E-state index < -0.39 is 20.1 Å². The number of carbonyl (C=O) groups is 2. The van der Waals surface area contributed by atoms with E-state index in [0.717, 1.165) is 12.8 Å². The molecule has 0 aliphatic carbocycles. The Morgan fingerprint density at radius 3 is 2.23 bits per heavy atom. The van der Waals surface area contributed by atoms with Crippen LogP contribution in [0.25, 0.3) is 0 Å². The standard InChI is InChI=1S/C19H35N2O4P/c1-2-3-4-5-6-7-8-9-13-19(24)18(21-20)12-10-11-16(22)14-17(23)15-26-25/h17-18,21,23H,2-14,20H2,1H3. The fourth-order valence-corrected chi connectivity index (χ4v) is 3.09. The van der Waals surface area contributed by atoms with Gasteiger partial charge >= 0.3 is 113 Å². The summed E-state index contributed by atoms with van der Waals surface area (Å²) in [4.78, 5) is 23.8. The fourth-order valence-electron chi connectivity index (χ4n) is 2.87. The second-order valence-corrected chi connectivity index (χ2v) is 7.22. The third-order valence-electron chi connectivity index (χ3n) is 4.44. The van der Waals surface area contributed by atoms with Crippen LogP contribution in [-0.4, -0.2) is 28.8 Å². The summed E-state index contributed by atoms with van der Waals surface area (Å²) >= 11 is 0. The molecule has 0 bridgehead atoms. The molecule has 0 heterocycles. The summed E-state index contributed by atoms with van der Waals surface area (Å²) in [5, 5.41) is 9.34. The van der Waals surface area contributed by atoms with E-state index >= 15 is 0 Å². The van der Waals surface area contributed by atoms with Crippen LogP contribution in [0.1, 0.15) is 90.4 Å². The first kappa shape index (κ1) is 25.2. The number of nitrogens with one attached hydrogen (secondary N) is 1. The van der Waals surface area contributed by atoms with Crippen LogP contribution in [0, 0.1) is 5.63 Å². The van der Waals surface area contributed by atoms with Crippen molar-refractivity contribution in [1.82, 2.24) is 5.43 Å². The second kappa shape index (κ2) is 17.6. The molecule has 4 N–H and O–H groups in total. The molecule has 0 aromatic heterocycles. The number of rotatable bonds is 17. The van der Waals surface area contributed by atoms with Gasteiger partial charge in [-0.25, -0.2) is 0 Å². The molecule has 26 heavy (non-hydrogen) atoms. The third-order valence-corrected chi connectivity index (χ3v) is 4.84. The molecule has 0 spiro atoms. The molecule has 0 aliphatic heterocycles.